The van der Waals surface area contributed by atoms with Crippen molar-refractivity contribution in [3.8, 4) is 11.5 Å². The number of ether oxygens (including phenoxy) is 3. The molecule has 8 nitrogen and oxygen atoms in total. The monoisotopic (exact) mass is 394 g/mol. The molecule has 0 bridgehead atoms. The Kier molecular flexibility index (Phi) is 5.80. The van der Waals surface area contributed by atoms with Gasteiger partial charge < -0.3 is 24.1 Å². The molecule has 150 valence electrons. The molecule has 0 saturated heterocycles. The molecule has 2 heterocycles. The van der Waals surface area contributed by atoms with Gasteiger partial charge in [-0.3, -0.25) is 5.32 Å². The predicted octanol–water partition coefficient (Wildman–Crippen LogP) is 3.44. The first-order valence-corrected chi connectivity index (χ1v) is 9.38. The maximum Gasteiger partial charge on any atom is 0.411 e. The van der Waals surface area contributed by atoms with Crippen molar-refractivity contribution in [2.75, 3.05) is 36.6 Å². The molecule has 0 aliphatic carbocycles. The summed E-state index contributed by atoms with van der Waals surface area (Å²) in [6.45, 7) is 2.48. The van der Waals surface area contributed by atoms with Crippen LogP contribution in [0.5, 0.6) is 11.5 Å². The van der Waals surface area contributed by atoms with E-state index in [9.17, 15) is 4.79 Å². The number of fused-ring (bicyclic) bond motifs is 1. The van der Waals surface area contributed by atoms with Crippen LogP contribution in [0, 0.1) is 0 Å². The van der Waals surface area contributed by atoms with Crippen LogP contribution in [0.1, 0.15) is 5.69 Å². The maximum absolute atomic E-state index is 12.1. The molecular weight excluding hydrogens is 372 g/mol. The van der Waals surface area contributed by atoms with E-state index in [4.69, 9.17) is 14.2 Å². The molecule has 0 saturated carbocycles. The zero-order valence-electron chi connectivity index (χ0n) is 15.8. The van der Waals surface area contributed by atoms with Gasteiger partial charge in [0.2, 0.25) is 0 Å². The van der Waals surface area contributed by atoms with Crippen molar-refractivity contribution < 1.29 is 19.0 Å². The number of nitrogens with zero attached hydrogens (tertiary/aromatic N) is 2. The number of hydrogen-bond acceptors (Lipinski definition) is 6. The summed E-state index contributed by atoms with van der Waals surface area (Å²) in [7, 11) is 0. The van der Waals surface area contributed by atoms with Crippen molar-refractivity contribution >= 4 is 17.5 Å². The van der Waals surface area contributed by atoms with Gasteiger partial charge in [-0.05, 0) is 30.3 Å². The number of benzene rings is 2. The van der Waals surface area contributed by atoms with Crippen molar-refractivity contribution in [2.24, 2.45) is 0 Å². The van der Waals surface area contributed by atoms with Gasteiger partial charge in [-0.1, -0.05) is 18.2 Å². The molecule has 1 aliphatic heterocycles. The number of carbonyl (C=O) groups excluding carboxylic acids is 1. The Labute approximate surface area is 168 Å². The van der Waals surface area contributed by atoms with E-state index in [1.165, 1.54) is 0 Å². The van der Waals surface area contributed by atoms with Gasteiger partial charge >= 0.3 is 6.09 Å². The second kappa shape index (κ2) is 9.01. The van der Waals surface area contributed by atoms with Crippen molar-refractivity contribution in [3.05, 3.63) is 66.7 Å². The summed E-state index contributed by atoms with van der Waals surface area (Å²) in [6, 6.07) is 14.9. The normalized spacial score (nSPS) is 12.6. The fourth-order valence-electron chi connectivity index (χ4n) is 3.06. The third-order valence-electron chi connectivity index (χ3n) is 4.41. The average molecular weight is 394 g/mol. The Hall–Kier alpha value is -3.68. The van der Waals surface area contributed by atoms with E-state index in [2.05, 4.69) is 20.2 Å². The van der Waals surface area contributed by atoms with Crippen LogP contribution in [0.4, 0.5) is 16.2 Å². The summed E-state index contributed by atoms with van der Waals surface area (Å²) in [5.41, 5.74) is 2.56. The maximum atomic E-state index is 12.1. The molecule has 8 heteroatoms. The van der Waals surface area contributed by atoms with Crippen LogP contribution in [-0.2, 0) is 11.3 Å². The lowest BCUT2D eigenvalue weighted by molar-refractivity contribution is 0.138. The average Bonchev–Trinajstić information content (AvgIpc) is 3.26. The predicted molar refractivity (Wildman–Crippen MR) is 108 cm³/mol. The largest absolute Gasteiger partial charge is 0.490 e. The lowest BCUT2D eigenvalue weighted by Gasteiger charge is -2.31. The molecule has 2 N–H and O–H groups in total. The lowest BCUT2D eigenvalue weighted by atomic mass is 10.2. The molecule has 4 rings (SSSR count). The molecule has 0 unspecified atom stereocenters. The highest BCUT2D eigenvalue weighted by Gasteiger charge is 2.19. The van der Waals surface area contributed by atoms with E-state index in [0.717, 1.165) is 29.4 Å². The first kappa shape index (κ1) is 18.7. The Morgan fingerprint density at radius 3 is 2.93 bits per heavy atom. The Morgan fingerprint density at radius 2 is 2.10 bits per heavy atom. The number of hydrogen-bond donors (Lipinski definition) is 2. The number of carbonyl (C=O) groups is 1. The van der Waals surface area contributed by atoms with Crippen LogP contribution in [-0.4, -0.2) is 42.4 Å². The molecule has 0 fully saturated rings. The van der Waals surface area contributed by atoms with Crippen LogP contribution < -0.4 is 19.7 Å². The Balaban J connectivity index is 1.31. The summed E-state index contributed by atoms with van der Waals surface area (Å²) in [5, 5.41) is 2.75. The summed E-state index contributed by atoms with van der Waals surface area (Å²) in [6.07, 6.45) is 2.93. The second-order valence-electron chi connectivity index (χ2n) is 6.45. The van der Waals surface area contributed by atoms with E-state index in [0.29, 0.717) is 18.8 Å². The van der Waals surface area contributed by atoms with Crippen LogP contribution in [0.15, 0.2) is 61.1 Å². The van der Waals surface area contributed by atoms with Gasteiger partial charge in [-0.25, -0.2) is 9.78 Å². The van der Waals surface area contributed by atoms with Gasteiger partial charge in [0.15, 0.2) is 0 Å². The second-order valence-corrected chi connectivity index (χ2v) is 6.45. The number of rotatable bonds is 7. The fraction of sp³-hybridized carbons (Fsp3) is 0.238. The number of nitrogens with one attached hydrogen (secondary N) is 2. The number of H-pyrrole nitrogens is 1. The minimum absolute atomic E-state index is 0.154. The highest BCUT2D eigenvalue weighted by atomic mass is 16.6. The number of aromatic nitrogens is 2. The van der Waals surface area contributed by atoms with E-state index in [1.54, 1.807) is 18.6 Å². The van der Waals surface area contributed by atoms with Gasteiger partial charge in [0.1, 0.15) is 31.3 Å². The minimum Gasteiger partial charge on any atom is -0.490 e. The highest BCUT2D eigenvalue weighted by molar-refractivity contribution is 5.86. The summed E-state index contributed by atoms with van der Waals surface area (Å²) in [5.74, 6) is 1.52. The zero-order chi connectivity index (χ0) is 19.9. The SMILES string of the molecule is O=C(Nc1ccc2c(c1)N(Cc1cnc[nH]1)CCO2)OCCOc1ccccc1. The van der Waals surface area contributed by atoms with E-state index in [1.807, 2.05) is 42.5 Å². The van der Waals surface area contributed by atoms with Crippen molar-refractivity contribution in [1.82, 2.24) is 9.97 Å². The van der Waals surface area contributed by atoms with Gasteiger partial charge in [0, 0.05) is 11.9 Å². The quantitative estimate of drug-likeness (QED) is 0.597. The van der Waals surface area contributed by atoms with Crippen LogP contribution in [0.2, 0.25) is 0 Å². The van der Waals surface area contributed by atoms with Crippen molar-refractivity contribution in [3.63, 3.8) is 0 Å². The molecule has 2 aromatic carbocycles. The van der Waals surface area contributed by atoms with Gasteiger partial charge in [0.25, 0.3) is 0 Å². The first-order valence-electron chi connectivity index (χ1n) is 9.38. The summed E-state index contributed by atoms with van der Waals surface area (Å²) >= 11 is 0. The molecule has 1 aromatic heterocycles. The van der Waals surface area contributed by atoms with Gasteiger partial charge in [-0.2, -0.15) is 0 Å². The molecule has 1 amide bonds. The number of amides is 1. The molecule has 29 heavy (non-hydrogen) atoms. The molecule has 0 radical (unpaired) electrons. The number of aromatic amines is 1. The van der Waals surface area contributed by atoms with E-state index in [-0.39, 0.29) is 13.2 Å². The smallest absolute Gasteiger partial charge is 0.411 e. The topological polar surface area (TPSA) is 88.7 Å². The molecule has 1 aliphatic rings. The Bertz CT molecular complexity index is 931. The number of anilines is 2. The summed E-state index contributed by atoms with van der Waals surface area (Å²) < 4.78 is 16.4. The van der Waals surface area contributed by atoms with Crippen molar-refractivity contribution in [2.45, 2.75) is 6.54 Å². The Morgan fingerprint density at radius 1 is 1.21 bits per heavy atom. The molecule has 0 atom stereocenters. The van der Waals surface area contributed by atoms with Crippen LogP contribution in [0.3, 0.4) is 0 Å². The molecule has 0 spiro atoms. The zero-order valence-corrected chi connectivity index (χ0v) is 15.8. The number of imidazole rings is 1. The van der Waals surface area contributed by atoms with Gasteiger partial charge in [0.05, 0.1) is 30.8 Å². The van der Waals surface area contributed by atoms with Crippen molar-refractivity contribution in [1.29, 1.82) is 0 Å². The summed E-state index contributed by atoms with van der Waals surface area (Å²) in [4.78, 5) is 21.4. The van der Waals surface area contributed by atoms with Crippen LogP contribution >= 0.6 is 0 Å². The van der Waals surface area contributed by atoms with Crippen LogP contribution in [0.25, 0.3) is 0 Å². The highest BCUT2D eigenvalue weighted by Crippen LogP contribution is 2.34. The molecular formula is C21H22N4O4. The molecule has 3 aromatic rings. The standard InChI is InChI=1S/C21H22N4O4/c26-21(29-11-10-27-18-4-2-1-3-5-18)24-16-6-7-20-19(12-16)25(8-9-28-20)14-17-13-22-15-23-17/h1-7,12-13,15H,8-11,14H2,(H,22,23)(H,24,26). The number of para-hydroxylation sites is 1. The first-order chi connectivity index (χ1) is 14.3. The van der Waals surface area contributed by atoms with E-state index >= 15 is 0 Å². The fourth-order valence-corrected chi connectivity index (χ4v) is 3.06. The minimum atomic E-state index is -0.529. The van der Waals surface area contributed by atoms with Gasteiger partial charge in [-0.15, -0.1) is 0 Å². The lowest BCUT2D eigenvalue weighted by Crippen LogP contribution is -2.32. The van der Waals surface area contributed by atoms with E-state index < -0.39 is 6.09 Å². The third-order valence-corrected chi connectivity index (χ3v) is 4.41. The third kappa shape index (κ3) is 4.98.